The number of aromatic hydroxyl groups is 1. The minimum absolute atomic E-state index is 0.199. The first-order chi connectivity index (χ1) is 13.5. The summed E-state index contributed by atoms with van der Waals surface area (Å²) in [5.41, 5.74) is 0.701. The van der Waals surface area contributed by atoms with Crippen LogP contribution in [0.15, 0.2) is 48.7 Å². The zero-order valence-electron chi connectivity index (χ0n) is 14.5. The van der Waals surface area contributed by atoms with Crippen molar-refractivity contribution in [2.45, 2.75) is 6.54 Å². The number of rotatable bonds is 6. The van der Waals surface area contributed by atoms with Gasteiger partial charge < -0.3 is 20.8 Å². The summed E-state index contributed by atoms with van der Waals surface area (Å²) < 4.78 is 0. The fraction of sp³-hybridized carbons (Fsp3) is 0.105. The first-order valence-electron chi connectivity index (χ1n) is 8.26. The van der Waals surface area contributed by atoms with Crippen molar-refractivity contribution in [2.24, 2.45) is 0 Å². The van der Waals surface area contributed by atoms with Crippen LogP contribution in [-0.2, 0) is 11.3 Å². The molecule has 0 unspecified atom stereocenters. The Kier molecular flexibility index (Phi) is 5.45. The number of carbonyl (C=O) groups excluding carboxylic acids is 2. The number of hydrogen-bond acceptors (Lipinski definition) is 6. The molecule has 3 aromatic rings. The molecular weight excluding hydrogens is 364 g/mol. The molecule has 1 aromatic heterocycles. The molecule has 0 bridgehead atoms. The monoisotopic (exact) mass is 380 g/mol. The Morgan fingerprint density at radius 3 is 2.46 bits per heavy atom. The number of fused-ring (bicyclic) bond motifs is 1. The van der Waals surface area contributed by atoms with Gasteiger partial charge in [-0.15, -0.1) is 0 Å². The average Bonchev–Trinajstić information content (AvgIpc) is 2.70. The summed E-state index contributed by atoms with van der Waals surface area (Å²) in [6, 6.07) is 13.5. The van der Waals surface area contributed by atoms with Gasteiger partial charge in [0.05, 0.1) is 0 Å². The van der Waals surface area contributed by atoms with Gasteiger partial charge in [0, 0.05) is 12.7 Å². The van der Waals surface area contributed by atoms with Crippen LogP contribution in [0.25, 0.3) is 10.8 Å². The Morgan fingerprint density at radius 1 is 0.964 bits per heavy atom. The predicted molar refractivity (Wildman–Crippen MR) is 98.8 cm³/mol. The van der Waals surface area contributed by atoms with E-state index in [2.05, 4.69) is 20.6 Å². The molecule has 0 atom stereocenters. The molecule has 2 aromatic carbocycles. The minimum atomic E-state index is -1.23. The zero-order chi connectivity index (χ0) is 20.1. The summed E-state index contributed by atoms with van der Waals surface area (Å²) in [5, 5.41) is 25.3. The molecule has 2 amide bonds. The van der Waals surface area contributed by atoms with E-state index in [1.54, 1.807) is 0 Å². The summed E-state index contributed by atoms with van der Waals surface area (Å²) in [4.78, 5) is 41.8. The molecule has 0 saturated carbocycles. The van der Waals surface area contributed by atoms with E-state index in [9.17, 15) is 19.5 Å². The predicted octanol–water partition coefficient (Wildman–Crippen LogP) is 1.08. The second-order valence-electron chi connectivity index (χ2n) is 5.83. The Morgan fingerprint density at radius 2 is 1.71 bits per heavy atom. The van der Waals surface area contributed by atoms with E-state index >= 15 is 0 Å². The SMILES string of the molecule is O=C(O)CNC(=O)c1ncc(C(=O)NCc2cccc3ccccc23)c(O)n1. The highest BCUT2D eigenvalue weighted by Crippen LogP contribution is 2.19. The van der Waals surface area contributed by atoms with Crippen LogP contribution < -0.4 is 10.6 Å². The minimum Gasteiger partial charge on any atom is -0.493 e. The highest BCUT2D eigenvalue weighted by Gasteiger charge is 2.18. The normalized spacial score (nSPS) is 10.4. The molecule has 0 saturated heterocycles. The van der Waals surface area contributed by atoms with Gasteiger partial charge in [-0.1, -0.05) is 42.5 Å². The maximum atomic E-state index is 12.3. The van der Waals surface area contributed by atoms with E-state index in [1.165, 1.54) is 0 Å². The van der Waals surface area contributed by atoms with Gasteiger partial charge in [-0.05, 0) is 16.3 Å². The Hall–Kier alpha value is -4.01. The number of aliphatic carboxylic acids is 1. The fourth-order valence-corrected chi connectivity index (χ4v) is 2.59. The van der Waals surface area contributed by atoms with Gasteiger partial charge in [-0.25, -0.2) is 4.98 Å². The van der Waals surface area contributed by atoms with E-state index in [0.29, 0.717) is 0 Å². The van der Waals surface area contributed by atoms with E-state index < -0.39 is 36.0 Å². The lowest BCUT2D eigenvalue weighted by Crippen LogP contribution is -2.31. The van der Waals surface area contributed by atoms with Crippen LogP contribution in [0.3, 0.4) is 0 Å². The van der Waals surface area contributed by atoms with E-state index in [-0.39, 0.29) is 12.1 Å². The summed E-state index contributed by atoms with van der Waals surface area (Å²) >= 11 is 0. The van der Waals surface area contributed by atoms with Crippen LogP contribution in [0.5, 0.6) is 5.88 Å². The van der Waals surface area contributed by atoms with Crippen molar-refractivity contribution in [2.75, 3.05) is 6.54 Å². The maximum Gasteiger partial charge on any atom is 0.322 e. The number of carbonyl (C=O) groups is 3. The van der Waals surface area contributed by atoms with E-state index in [0.717, 1.165) is 22.5 Å². The Bertz CT molecular complexity index is 1060. The van der Waals surface area contributed by atoms with Gasteiger partial charge >= 0.3 is 5.97 Å². The molecule has 0 aliphatic carbocycles. The number of nitrogens with zero attached hydrogens (tertiary/aromatic N) is 2. The molecular formula is C19H16N4O5. The van der Waals surface area contributed by atoms with Crippen LogP contribution in [-0.4, -0.2) is 44.5 Å². The molecule has 0 aliphatic rings. The second-order valence-corrected chi connectivity index (χ2v) is 5.83. The third-order valence-electron chi connectivity index (χ3n) is 3.94. The second kappa shape index (κ2) is 8.12. The van der Waals surface area contributed by atoms with Crippen molar-refractivity contribution in [1.29, 1.82) is 0 Å². The number of nitrogens with one attached hydrogen (secondary N) is 2. The van der Waals surface area contributed by atoms with Gasteiger partial charge in [0.2, 0.25) is 11.7 Å². The number of hydrogen-bond donors (Lipinski definition) is 4. The molecule has 142 valence electrons. The molecule has 9 heteroatoms. The molecule has 1 heterocycles. The lowest BCUT2D eigenvalue weighted by Gasteiger charge is -2.09. The number of amides is 2. The van der Waals surface area contributed by atoms with Gasteiger partial charge in [-0.2, -0.15) is 4.98 Å². The fourth-order valence-electron chi connectivity index (χ4n) is 2.59. The van der Waals surface area contributed by atoms with Gasteiger partial charge in [0.1, 0.15) is 12.1 Å². The highest BCUT2D eigenvalue weighted by molar-refractivity contribution is 5.97. The summed E-state index contributed by atoms with van der Waals surface area (Å²) in [5.74, 6) is -3.83. The van der Waals surface area contributed by atoms with Crippen molar-refractivity contribution in [3.05, 3.63) is 65.6 Å². The number of benzene rings is 2. The summed E-state index contributed by atoms with van der Waals surface area (Å²) in [6.45, 7) is -0.392. The largest absolute Gasteiger partial charge is 0.493 e. The number of aromatic nitrogens is 2. The lowest BCUT2D eigenvalue weighted by atomic mass is 10.0. The molecule has 28 heavy (non-hydrogen) atoms. The summed E-state index contributed by atoms with van der Waals surface area (Å²) in [7, 11) is 0. The average molecular weight is 380 g/mol. The number of carboxylic acids is 1. The van der Waals surface area contributed by atoms with Crippen molar-refractivity contribution < 1.29 is 24.6 Å². The van der Waals surface area contributed by atoms with E-state index in [4.69, 9.17) is 5.11 Å². The van der Waals surface area contributed by atoms with Crippen molar-refractivity contribution >= 4 is 28.6 Å². The van der Waals surface area contributed by atoms with Gasteiger partial charge in [0.25, 0.3) is 11.8 Å². The Labute approximate surface area is 159 Å². The van der Waals surface area contributed by atoms with Crippen LogP contribution in [0.4, 0.5) is 0 Å². The molecule has 0 aliphatic heterocycles. The van der Waals surface area contributed by atoms with Crippen LogP contribution in [0, 0.1) is 0 Å². The number of carboxylic acid groups (broad SMARTS) is 1. The topological polar surface area (TPSA) is 142 Å². The van der Waals surface area contributed by atoms with E-state index in [1.807, 2.05) is 42.5 Å². The first-order valence-corrected chi connectivity index (χ1v) is 8.26. The molecule has 3 rings (SSSR count). The highest BCUT2D eigenvalue weighted by atomic mass is 16.4. The molecule has 4 N–H and O–H groups in total. The van der Waals surface area contributed by atoms with Crippen molar-refractivity contribution in [3.8, 4) is 5.88 Å². The smallest absolute Gasteiger partial charge is 0.322 e. The lowest BCUT2D eigenvalue weighted by molar-refractivity contribution is -0.135. The van der Waals surface area contributed by atoms with Gasteiger partial charge in [0.15, 0.2) is 0 Å². The third kappa shape index (κ3) is 4.21. The molecule has 0 fully saturated rings. The van der Waals surface area contributed by atoms with Crippen LogP contribution in [0.2, 0.25) is 0 Å². The maximum absolute atomic E-state index is 12.3. The third-order valence-corrected chi connectivity index (χ3v) is 3.94. The van der Waals surface area contributed by atoms with Crippen LogP contribution >= 0.6 is 0 Å². The molecule has 9 nitrogen and oxygen atoms in total. The molecule has 0 radical (unpaired) electrons. The quantitative estimate of drug-likeness (QED) is 0.501. The molecule has 0 spiro atoms. The van der Waals surface area contributed by atoms with Crippen LogP contribution in [0.1, 0.15) is 26.5 Å². The standard InChI is InChI=1S/C19H16N4O5/c24-15(25)10-22-19(28)16-20-9-14(18(27)23-16)17(26)21-8-12-6-3-5-11-4-1-2-7-13(11)12/h1-7,9H,8,10H2,(H,21,26)(H,22,28)(H,24,25)(H,20,23,27). The van der Waals surface area contributed by atoms with Gasteiger partial charge in [-0.3, -0.25) is 14.4 Å². The van der Waals surface area contributed by atoms with Crippen molar-refractivity contribution in [1.82, 2.24) is 20.6 Å². The summed E-state index contributed by atoms with van der Waals surface area (Å²) in [6.07, 6.45) is 1.01. The van der Waals surface area contributed by atoms with Crippen molar-refractivity contribution in [3.63, 3.8) is 0 Å². The zero-order valence-corrected chi connectivity index (χ0v) is 14.5. The Balaban J connectivity index is 1.70. The first kappa shape index (κ1) is 18.8.